The Labute approximate surface area is 203 Å². The summed E-state index contributed by atoms with van der Waals surface area (Å²) >= 11 is 1.20. The van der Waals surface area contributed by atoms with Gasteiger partial charge in [0.2, 0.25) is 0 Å². The Morgan fingerprint density at radius 2 is 2.06 bits per heavy atom. The molecule has 3 aromatic rings. The standard InChI is InChI=1S/C22H28N8O2S2/c1-14-8-19(33-22(14)34(31,32)28(2)3)27-20-21-24-11-18(16-10-25-29(4)12-16)30(21)13-17(26-20)15-6-5-7-23-9-15/h6,8,11-13,23,25H,5,7,9-10H2,1-4H3,(H,26,27). The van der Waals surface area contributed by atoms with Gasteiger partial charge in [-0.2, -0.15) is 0 Å². The van der Waals surface area contributed by atoms with Crippen molar-refractivity contribution >= 4 is 49.0 Å². The fourth-order valence-electron chi connectivity index (χ4n) is 4.06. The Morgan fingerprint density at radius 1 is 1.24 bits per heavy atom. The number of hydrogen-bond donors (Lipinski definition) is 3. The molecule has 3 N–H and O–H groups in total. The number of anilines is 2. The Kier molecular flexibility index (Phi) is 5.94. The van der Waals surface area contributed by atoms with Gasteiger partial charge in [0.1, 0.15) is 4.21 Å². The van der Waals surface area contributed by atoms with Crippen LogP contribution in [0.2, 0.25) is 0 Å². The molecule has 0 amide bonds. The molecule has 2 aliphatic heterocycles. The van der Waals surface area contributed by atoms with E-state index in [-0.39, 0.29) is 0 Å². The summed E-state index contributed by atoms with van der Waals surface area (Å²) in [7, 11) is 1.52. The van der Waals surface area contributed by atoms with Gasteiger partial charge in [-0.25, -0.2) is 28.1 Å². The van der Waals surface area contributed by atoms with Crippen LogP contribution in [0.3, 0.4) is 0 Å². The second kappa shape index (κ2) is 8.78. The van der Waals surface area contributed by atoms with Gasteiger partial charge in [0.05, 0.1) is 22.6 Å². The van der Waals surface area contributed by atoms with E-state index in [9.17, 15) is 8.42 Å². The average Bonchev–Trinajstić information content (AvgIpc) is 3.52. The molecule has 180 valence electrons. The molecule has 12 heteroatoms. The van der Waals surface area contributed by atoms with Crippen molar-refractivity contribution in [2.24, 2.45) is 0 Å². The van der Waals surface area contributed by atoms with Crippen LogP contribution in [0.5, 0.6) is 0 Å². The molecule has 0 spiro atoms. The number of aryl methyl sites for hydroxylation is 1. The molecular weight excluding hydrogens is 472 g/mol. The molecule has 0 aromatic carbocycles. The molecule has 5 rings (SSSR count). The Bertz CT molecular complexity index is 1420. The lowest BCUT2D eigenvalue weighted by atomic mass is 10.1. The topological polar surface area (TPSA) is 107 Å². The lowest BCUT2D eigenvalue weighted by Crippen LogP contribution is -2.23. The van der Waals surface area contributed by atoms with E-state index in [4.69, 9.17) is 4.98 Å². The van der Waals surface area contributed by atoms with Gasteiger partial charge in [-0.1, -0.05) is 6.08 Å². The van der Waals surface area contributed by atoms with E-state index in [1.165, 1.54) is 29.7 Å². The zero-order chi connectivity index (χ0) is 24.0. The molecule has 34 heavy (non-hydrogen) atoms. The fraction of sp³-hybridized carbons (Fsp3) is 0.364. The molecule has 2 aliphatic rings. The first-order chi connectivity index (χ1) is 16.2. The summed E-state index contributed by atoms with van der Waals surface area (Å²) in [4.78, 5) is 9.58. The van der Waals surface area contributed by atoms with Gasteiger partial charge in [0.15, 0.2) is 11.5 Å². The number of hydrazine groups is 1. The Balaban J connectivity index is 1.61. The summed E-state index contributed by atoms with van der Waals surface area (Å²) in [5, 5.41) is 9.40. The molecule has 0 aliphatic carbocycles. The van der Waals surface area contributed by atoms with Crippen molar-refractivity contribution in [3.05, 3.63) is 47.7 Å². The van der Waals surface area contributed by atoms with Crippen LogP contribution in [-0.4, -0.2) is 72.9 Å². The molecule has 5 heterocycles. The van der Waals surface area contributed by atoms with Crippen molar-refractivity contribution in [2.75, 3.05) is 46.1 Å². The number of thiophene rings is 1. The van der Waals surface area contributed by atoms with E-state index < -0.39 is 10.0 Å². The van der Waals surface area contributed by atoms with Gasteiger partial charge in [0, 0.05) is 52.2 Å². The van der Waals surface area contributed by atoms with Gasteiger partial charge in [-0.15, -0.1) is 11.3 Å². The summed E-state index contributed by atoms with van der Waals surface area (Å²) in [6, 6.07) is 1.84. The highest BCUT2D eigenvalue weighted by molar-refractivity contribution is 7.91. The van der Waals surface area contributed by atoms with E-state index in [2.05, 4.69) is 37.7 Å². The highest BCUT2D eigenvalue weighted by Crippen LogP contribution is 2.35. The maximum absolute atomic E-state index is 12.7. The normalized spacial score (nSPS) is 16.9. The maximum atomic E-state index is 12.7. The number of sulfonamides is 1. The minimum Gasteiger partial charge on any atom is -0.329 e. The Morgan fingerprint density at radius 3 is 2.74 bits per heavy atom. The number of imidazole rings is 1. The monoisotopic (exact) mass is 500 g/mol. The summed E-state index contributed by atoms with van der Waals surface area (Å²) in [6.07, 6.45) is 9.10. The zero-order valence-corrected chi connectivity index (χ0v) is 21.2. The number of hydrogen-bond acceptors (Lipinski definition) is 9. The zero-order valence-electron chi connectivity index (χ0n) is 19.6. The fourth-order valence-corrected chi connectivity index (χ4v) is 6.80. The molecule has 3 aromatic heterocycles. The predicted molar refractivity (Wildman–Crippen MR) is 135 cm³/mol. The Hall–Kier alpha value is -2.77. The molecular formula is C22H28N8O2S2. The third-order valence-electron chi connectivity index (χ3n) is 5.87. The molecule has 0 unspecified atom stereocenters. The second-order valence-corrected chi connectivity index (χ2v) is 12.0. The van der Waals surface area contributed by atoms with E-state index in [1.807, 2.05) is 30.5 Å². The second-order valence-electron chi connectivity index (χ2n) is 8.60. The van der Waals surface area contributed by atoms with Crippen molar-refractivity contribution in [1.29, 1.82) is 0 Å². The summed E-state index contributed by atoms with van der Waals surface area (Å²) in [5.41, 5.74) is 8.75. The minimum absolute atomic E-state index is 0.320. The van der Waals surface area contributed by atoms with Gasteiger partial charge < -0.3 is 15.6 Å². The van der Waals surface area contributed by atoms with Crippen molar-refractivity contribution in [1.82, 2.24) is 34.4 Å². The molecule has 0 atom stereocenters. The van der Waals surface area contributed by atoms with Crippen LogP contribution in [0.4, 0.5) is 10.8 Å². The predicted octanol–water partition coefficient (Wildman–Crippen LogP) is 2.26. The first-order valence-corrected chi connectivity index (χ1v) is 13.3. The largest absolute Gasteiger partial charge is 0.329 e. The van der Waals surface area contributed by atoms with Crippen LogP contribution >= 0.6 is 11.3 Å². The average molecular weight is 501 g/mol. The van der Waals surface area contributed by atoms with Crippen LogP contribution in [0, 0.1) is 6.92 Å². The SMILES string of the molecule is Cc1cc(Nc2nc(C3=CCCNC3)cn3c(C4=CN(C)NC4)cnc23)sc1S(=O)(=O)N(C)C. The van der Waals surface area contributed by atoms with Crippen molar-refractivity contribution in [3.63, 3.8) is 0 Å². The lowest BCUT2D eigenvalue weighted by molar-refractivity contribution is 0.374. The van der Waals surface area contributed by atoms with E-state index in [1.54, 1.807) is 6.92 Å². The van der Waals surface area contributed by atoms with E-state index in [0.29, 0.717) is 32.8 Å². The van der Waals surface area contributed by atoms with Crippen molar-refractivity contribution in [2.45, 2.75) is 17.6 Å². The van der Waals surface area contributed by atoms with Gasteiger partial charge in [0.25, 0.3) is 10.0 Å². The molecule has 0 fully saturated rings. The third kappa shape index (κ3) is 4.12. The van der Waals surface area contributed by atoms with Gasteiger partial charge in [-0.05, 0) is 37.1 Å². The molecule has 0 bridgehead atoms. The molecule has 10 nitrogen and oxygen atoms in total. The summed E-state index contributed by atoms with van der Waals surface area (Å²) < 4.78 is 29.0. The first kappa shape index (κ1) is 23.0. The highest BCUT2D eigenvalue weighted by Gasteiger charge is 2.24. The summed E-state index contributed by atoms with van der Waals surface area (Å²) in [6.45, 7) is 4.22. The van der Waals surface area contributed by atoms with Crippen LogP contribution < -0.4 is 16.1 Å². The summed E-state index contributed by atoms with van der Waals surface area (Å²) in [5.74, 6) is 0.588. The van der Waals surface area contributed by atoms with Crippen LogP contribution in [0.1, 0.15) is 23.4 Å². The van der Waals surface area contributed by atoms with Crippen LogP contribution in [-0.2, 0) is 10.0 Å². The third-order valence-corrected chi connectivity index (χ3v) is 9.46. The quantitative estimate of drug-likeness (QED) is 0.473. The van der Waals surface area contributed by atoms with Crippen LogP contribution in [0.25, 0.3) is 16.8 Å². The maximum Gasteiger partial charge on any atom is 0.252 e. The van der Waals surface area contributed by atoms with Crippen LogP contribution in [0.15, 0.2) is 34.9 Å². The van der Waals surface area contributed by atoms with Crippen molar-refractivity contribution < 1.29 is 8.42 Å². The van der Waals surface area contributed by atoms with Crippen molar-refractivity contribution in [3.8, 4) is 0 Å². The highest BCUT2D eigenvalue weighted by atomic mass is 32.2. The number of fused-ring (bicyclic) bond motifs is 1. The van der Waals surface area contributed by atoms with Gasteiger partial charge >= 0.3 is 0 Å². The molecule has 0 radical (unpaired) electrons. The van der Waals surface area contributed by atoms with E-state index in [0.717, 1.165) is 42.0 Å². The lowest BCUT2D eigenvalue weighted by Gasteiger charge is -2.16. The number of nitrogens with one attached hydrogen (secondary N) is 3. The molecule has 0 saturated carbocycles. The number of rotatable bonds is 6. The minimum atomic E-state index is -3.52. The van der Waals surface area contributed by atoms with E-state index >= 15 is 0 Å². The number of aromatic nitrogens is 3. The smallest absolute Gasteiger partial charge is 0.252 e. The number of nitrogens with zero attached hydrogens (tertiary/aromatic N) is 5. The van der Waals surface area contributed by atoms with Gasteiger partial charge in [-0.3, -0.25) is 4.40 Å². The molecule has 0 saturated heterocycles. The first-order valence-electron chi connectivity index (χ1n) is 11.0.